The lowest BCUT2D eigenvalue weighted by Gasteiger charge is -2.18. The second kappa shape index (κ2) is 6.69. The van der Waals surface area contributed by atoms with E-state index in [2.05, 4.69) is 12.0 Å². The smallest absolute Gasteiger partial charge is 0.246 e. The molecule has 1 N–H and O–H groups in total. The first-order valence-corrected chi connectivity index (χ1v) is 8.61. The van der Waals surface area contributed by atoms with E-state index in [1.54, 1.807) is 15.2 Å². The van der Waals surface area contributed by atoms with E-state index in [9.17, 15) is 8.42 Å². The molecule has 1 atom stereocenters. The molecule has 1 aromatic heterocycles. The van der Waals surface area contributed by atoms with Crippen molar-refractivity contribution < 1.29 is 13.5 Å². The molecule has 0 spiro atoms. The normalized spacial score (nSPS) is 21.8. The zero-order valence-electron chi connectivity index (χ0n) is 11.9. The van der Waals surface area contributed by atoms with Crippen LogP contribution in [0.25, 0.3) is 0 Å². The van der Waals surface area contributed by atoms with Crippen molar-refractivity contribution in [1.29, 1.82) is 0 Å². The summed E-state index contributed by atoms with van der Waals surface area (Å²) in [7, 11) is -3.43. The topological polar surface area (TPSA) is 75.4 Å². The number of aliphatic hydroxyl groups is 1. The maximum atomic E-state index is 12.6. The van der Waals surface area contributed by atoms with Crippen LogP contribution < -0.4 is 0 Å². The second-order valence-electron chi connectivity index (χ2n) is 5.46. The van der Waals surface area contributed by atoms with Gasteiger partial charge in [0.1, 0.15) is 4.90 Å². The van der Waals surface area contributed by atoms with Crippen molar-refractivity contribution in [3.8, 4) is 0 Å². The van der Waals surface area contributed by atoms with Gasteiger partial charge in [0.2, 0.25) is 10.0 Å². The highest BCUT2D eigenvalue weighted by Crippen LogP contribution is 2.22. The Morgan fingerprint density at radius 3 is 2.95 bits per heavy atom. The predicted molar refractivity (Wildman–Crippen MR) is 75.7 cm³/mol. The summed E-state index contributed by atoms with van der Waals surface area (Å²) >= 11 is 0. The first-order chi connectivity index (χ1) is 9.54. The van der Waals surface area contributed by atoms with Crippen LogP contribution in [0, 0.1) is 5.92 Å². The van der Waals surface area contributed by atoms with Crippen molar-refractivity contribution in [3.63, 3.8) is 0 Å². The van der Waals surface area contributed by atoms with Crippen LogP contribution in [0.3, 0.4) is 0 Å². The summed E-state index contributed by atoms with van der Waals surface area (Å²) in [4.78, 5) is 0.255. The standard InChI is InChI=1S/C13H23N3O3S/c1-12-4-2-7-16(8-5-12)20(18,19)13-10-14-15(11-13)6-3-9-17/h10-12,17H,2-9H2,1H3. The Morgan fingerprint density at radius 2 is 2.20 bits per heavy atom. The summed E-state index contributed by atoms with van der Waals surface area (Å²) in [5, 5.41) is 12.8. The number of rotatable bonds is 5. The average molecular weight is 301 g/mol. The van der Waals surface area contributed by atoms with E-state index in [0.717, 1.165) is 19.3 Å². The molecule has 0 bridgehead atoms. The van der Waals surface area contributed by atoms with Crippen LogP contribution in [0.2, 0.25) is 0 Å². The lowest BCUT2D eigenvalue weighted by Crippen LogP contribution is -2.31. The van der Waals surface area contributed by atoms with E-state index in [0.29, 0.717) is 32.0 Å². The molecule has 1 aliphatic rings. The highest BCUT2D eigenvalue weighted by molar-refractivity contribution is 7.89. The third-order valence-corrected chi connectivity index (χ3v) is 5.62. The molecule has 1 saturated heterocycles. The first kappa shape index (κ1) is 15.5. The lowest BCUT2D eigenvalue weighted by molar-refractivity contribution is 0.277. The van der Waals surface area contributed by atoms with Crippen LogP contribution in [-0.4, -0.2) is 47.3 Å². The van der Waals surface area contributed by atoms with Crippen LogP contribution in [0.5, 0.6) is 0 Å². The molecular formula is C13H23N3O3S. The van der Waals surface area contributed by atoms with Crippen molar-refractivity contribution in [3.05, 3.63) is 12.4 Å². The number of aromatic nitrogens is 2. The van der Waals surface area contributed by atoms with Gasteiger partial charge in [0.25, 0.3) is 0 Å². The Labute approximate surface area is 120 Å². The van der Waals surface area contributed by atoms with E-state index in [4.69, 9.17) is 5.11 Å². The molecule has 0 amide bonds. The van der Waals surface area contributed by atoms with Crippen LogP contribution in [0.15, 0.2) is 17.3 Å². The average Bonchev–Trinajstić information content (AvgIpc) is 2.79. The minimum absolute atomic E-state index is 0.0754. The van der Waals surface area contributed by atoms with Gasteiger partial charge in [-0.1, -0.05) is 6.92 Å². The van der Waals surface area contributed by atoms with Gasteiger partial charge in [0, 0.05) is 32.4 Å². The Kier molecular flexibility index (Phi) is 5.17. The lowest BCUT2D eigenvalue weighted by atomic mass is 10.0. The Morgan fingerprint density at radius 1 is 1.40 bits per heavy atom. The number of aryl methyl sites for hydroxylation is 1. The molecule has 0 saturated carbocycles. The van der Waals surface area contributed by atoms with Gasteiger partial charge in [0.05, 0.1) is 6.20 Å². The van der Waals surface area contributed by atoms with Crippen molar-refractivity contribution in [2.45, 2.75) is 44.0 Å². The van der Waals surface area contributed by atoms with Gasteiger partial charge in [0.15, 0.2) is 0 Å². The molecular weight excluding hydrogens is 278 g/mol. The van der Waals surface area contributed by atoms with Crippen molar-refractivity contribution in [2.75, 3.05) is 19.7 Å². The van der Waals surface area contributed by atoms with E-state index in [1.807, 2.05) is 0 Å². The van der Waals surface area contributed by atoms with Gasteiger partial charge in [-0.05, 0) is 31.6 Å². The molecule has 0 aromatic carbocycles. The van der Waals surface area contributed by atoms with E-state index >= 15 is 0 Å². The fraction of sp³-hybridized carbons (Fsp3) is 0.769. The number of sulfonamides is 1. The highest BCUT2D eigenvalue weighted by Gasteiger charge is 2.27. The highest BCUT2D eigenvalue weighted by atomic mass is 32.2. The van der Waals surface area contributed by atoms with Gasteiger partial charge in [-0.25, -0.2) is 8.42 Å². The fourth-order valence-electron chi connectivity index (χ4n) is 2.46. The molecule has 1 aromatic rings. The molecule has 0 aliphatic carbocycles. The Balaban J connectivity index is 2.10. The van der Waals surface area contributed by atoms with Crippen LogP contribution >= 0.6 is 0 Å². The van der Waals surface area contributed by atoms with Crippen LogP contribution in [0.1, 0.15) is 32.6 Å². The van der Waals surface area contributed by atoms with Crippen molar-refractivity contribution >= 4 is 10.0 Å². The summed E-state index contributed by atoms with van der Waals surface area (Å²) in [6.45, 7) is 3.96. The van der Waals surface area contributed by atoms with Gasteiger partial charge in [-0.3, -0.25) is 4.68 Å². The summed E-state index contributed by atoms with van der Waals surface area (Å²) in [5.41, 5.74) is 0. The maximum Gasteiger partial charge on any atom is 0.246 e. The summed E-state index contributed by atoms with van der Waals surface area (Å²) < 4.78 is 28.3. The van der Waals surface area contributed by atoms with Crippen molar-refractivity contribution in [2.24, 2.45) is 5.92 Å². The molecule has 1 fully saturated rings. The van der Waals surface area contributed by atoms with Gasteiger partial charge < -0.3 is 5.11 Å². The summed E-state index contributed by atoms with van der Waals surface area (Å²) in [5.74, 6) is 0.586. The zero-order valence-corrected chi connectivity index (χ0v) is 12.7. The van der Waals surface area contributed by atoms with Crippen molar-refractivity contribution in [1.82, 2.24) is 14.1 Å². The minimum atomic E-state index is -3.43. The zero-order chi connectivity index (χ0) is 14.6. The quantitative estimate of drug-likeness (QED) is 0.883. The SMILES string of the molecule is CC1CCCN(S(=O)(=O)c2cnn(CCCO)c2)CC1. The first-order valence-electron chi connectivity index (χ1n) is 7.17. The van der Waals surface area contributed by atoms with E-state index in [1.165, 1.54) is 6.20 Å². The fourth-order valence-corrected chi connectivity index (χ4v) is 3.91. The molecule has 20 heavy (non-hydrogen) atoms. The molecule has 6 nitrogen and oxygen atoms in total. The molecule has 2 heterocycles. The molecule has 1 aliphatic heterocycles. The summed E-state index contributed by atoms with van der Waals surface area (Å²) in [6, 6.07) is 0. The molecule has 1 unspecified atom stereocenters. The van der Waals surface area contributed by atoms with Crippen LogP contribution in [-0.2, 0) is 16.6 Å². The minimum Gasteiger partial charge on any atom is -0.396 e. The molecule has 114 valence electrons. The molecule has 0 radical (unpaired) electrons. The monoisotopic (exact) mass is 301 g/mol. The third-order valence-electron chi connectivity index (χ3n) is 3.77. The number of hydrogen-bond acceptors (Lipinski definition) is 4. The summed E-state index contributed by atoms with van der Waals surface area (Å²) in [6.07, 6.45) is 6.45. The van der Waals surface area contributed by atoms with E-state index < -0.39 is 10.0 Å². The van der Waals surface area contributed by atoms with Gasteiger partial charge in [-0.2, -0.15) is 9.40 Å². The Hall–Kier alpha value is -0.920. The van der Waals surface area contributed by atoms with E-state index in [-0.39, 0.29) is 11.5 Å². The number of hydrogen-bond donors (Lipinski definition) is 1. The largest absolute Gasteiger partial charge is 0.396 e. The predicted octanol–water partition coefficient (Wildman–Crippen LogP) is 1.08. The van der Waals surface area contributed by atoms with Gasteiger partial charge in [-0.15, -0.1) is 0 Å². The molecule has 2 rings (SSSR count). The molecule has 7 heteroatoms. The Bertz CT molecular complexity index is 527. The second-order valence-corrected chi connectivity index (χ2v) is 7.39. The van der Waals surface area contributed by atoms with Gasteiger partial charge >= 0.3 is 0 Å². The van der Waals surface area contributed by atoms with Crippen LogP contribution in [0.4, 0.5) is 0 Å². The third kappa shape index (κ3) is 3.59. The maximum absolute atomic E-state index is 12.6. The number of aliphatic hydroxyl groups excluding tert-OH is 1. The number of nitrogens with zero attached hydrogens (tertiary/aromatic N) is 3.